The van der Waals surface area contributed by atoms with E-state index in [1.54, 1.807) is 0 Å². The molecule has 0 saturated heterocycles. The zero-order valence-corrected chi connectivity index (χ0v) is 13.4. The molecule has 1 saturated carbocycles. The van der Waals surface area contributed by atoms with Crippen LogP contribution in [0.4, 0.5) is 0 Å². The molecule has 1 aliphatic rings. The number of hydrogen-bond acceptors (Lipinski definition) is 4. The van der Waals surface area contributed by atoms with E-state index in [1.807, 2.05) is 49.0 Å². The van der Waals surface area contributed by atoms with Gasteiger partial charge in [-0.1, -0.05) is 43.2 Å². The van der Waals surface area contributed by atoms with E-state index in [-0.39, 0.29) is 0 Å². The van der Waals surface area contributed by atoms with E-state index < -0.39 is 5.60 Å². The summed E-state index contributed by atoms with van der Waals surface area (Å²) in [6, 6.07) is 10.1. The third kappa shape index (κ3) is 3.20. The first-order chi connectivity index (χ1) is 10.6. The van der Waals surface area contributed by atoms with Gasteiger partial charge in [0.25, 0.3) is 0 Å². The predicted molar refractivity (Wildman–Crippen MR) is 86.2 cm³/mol. The van der Waals surface area contributed by atoms with Crippen LogP contribution in [0.15, 0.2) is 30.3 Å². The lowest BCUT2D eigenvalue weighted by molar-refractivity contribution is 0.0138. The van der Waals surface area contributed by atoms with E-state index in [9.17, 15) is 5.11 Å². The maximum absolute atomic E-state index is 10.5. The van der Waals surface area contributed by atoms with E-state index in [4.69, 9.17) is 0 Å². The van der Waals surface area contributed by atoms with Crippen LogP contribution >= 0.6 is 0 Å². The Morgan fingerprint density at radius 3 is 2.55 bits per heavy atom. The molecule has 1 aromatic heterocycles. The molecule has 5 nitrogen and oxygen atoms in total. The number of rotatable bonds is 5. The topological polar surface area (TPSA) is 54.2 Å². The Morgan fingerprint density at radius 1 is 1.18 bits per heavy atom. The molecular formula is C17H24N4O. The molecule has 1 aromatic carbocycles. The number of aromatic nitrogens is 3. The van der Waals surface area contributed by atoms with Gasteiger partial charge in [0.2, 0.25) is 0 Å². The summed E-state index contributed by atoms with van der Waals surface area (Å²) in [6.45, 7) is 1.39. The summed E-state index contributed by atoms with van der Waals surface area (Å²) in [7, 11) is 4.03. The molecule has 0 bridgehead atoms. The van der Waals surface area contributed by atoms with Crippen LogP contribution in [0.3, 0.4) is 0 Å². The summed E-state index contributed by atoms with van der Waals surface area (Å²) in [5, 5.41) is 19.1. The molecule has 1 heterocycles. The SMILES string of the molecule is CN(Cc1nnc(-c2ccccc2)n1C)CC1(O)CCCC1. The van der Waals surface area contributed by atoms with Crippen molar-refractivity contribution in [3.8, 4) is 11.4 Å². The van der Waals surface area contributed by atoms with E-state index in [1.165, 1.54) is 0 Å². The second kappa shape index (κ2) is 6.18. The summed E-state index contributed by atoms with van der Waals surface area (Å²) in [6.07, 6.45) is 4.08. The average Bonchev–Trinajstić information content (AvgIpc) is 3.07. The molecule has 0 atom stereocenters. The molecule has 0 amide bonds. The molecule has 0 radical (unpaired) electrons. The van der Waals surface area contributed by atoms with Gasteiger partial charge in [0.1, 0.15) is 5.82 Å². The van der Waals surface area contributed by atoms with Gasteiger partial charge < -0.3 is 9.67 Å². The molecule has 1 N–H and O–H groups in total. The quantitative estimate of drug-likeness (QED) is 0.920. The van der Waals surface area contributed by atoms with Crippen LogP contribution in [-0.2, 0) is 13.6 Å². The lowest BCUT2D eigenvalue weighted by atomic mass is 10.0. The monoisotopic (exact) mass is 300 g/mol. The van der Waals surface area contributed by atoms with Crippen LogP contribution in [0.1, 0.15) is 31.5 Å². The van der Waals surface area contributed by atoms with Crippen molar-refractivity contribution in [3.63, 3.8) is 0 Å². The largest absolute Gasteiger partial charge is 0.389 e. The fourth-order valence-electron chi connectivity index (χ4n) is 3.33. The summed E-state index contributed by atoms with van der Waals surface area (Å²) in [5.41, 5.74) is 0.552. The van der Waals surface area contributed by atoms with Crippen LogP contribution in [0.5, 0.6) is 0 Å². The molecule has 2 aromatic rings. The lowest BCUT2D eigenvalue weighted by Crippen LogP contribution is -2.39. The summed E-state index contributed by atoms with van der Waals surface area (Å²) < 4.78 is 2.03. The molecule has 22 heavy (non-hydrogen) atoms. The van der Waals surface area contributed by atoms with Crippen LogP contribution in [0.2, 0.25) is 0 Å². The van der Waals surface area contributed by atoms with Crippen LogP contribution in [0.25, 0.3) is 11.4 Å². The molecule has 5 heteroatoms. The Balaban J connectivity index is 1.69. The molecule has 0 unspecified atom stereocenters. The summed E-state index contributed by atoms with van der Waals surface area (Å²) in [4.78, 5) is 2.14. The Bertz CT molecular complexity index is 617. The van der Waals surface area contributed by atoms with Gasteiger partial charge in [0.05, 0.1) is 12.1 Å². The van der Waals surface area contributed by atoms with Crippen molar-refractivity contribution in [2.45, 2.75) is 37.8 Å². The van der Waals surface area contributed by atoms with Gasteiger partial charge in [-0.05, 0) is 19.9 Å². The molecule has 1 aliphatic carbocycles. The highest BCUT2D eigenvalue weighted by atomic mass is 16.3. The van der Waals surface area contributed by atoms with E-state index in [0.29, 0.717) is 13.1 Å². The Hall–Kier alpha value is -1.72. The fraction of sp³-hybridized carbons (Fsp3) is 0.529. The average molecular weight is 300 g/mol. The first kappa shape index (κ1) is 15.2. The standard InChI is InChI=1S/C17H24N4O/c1-20(13-17(22)10-6-7-11-17)12-15-18-19-16(21(15)2)14-8-4-3-5-9-14/h3-5,8-9,22H,6-7,10-13H2,1-2H3. The molecule has 1 fully saturated rings. The first-order valence-corrected chi connectivity index (χ1v) is 7.92. The second-order valence-corrected chi connectivity index (χ2v) is 6.47. The van der Waals surface area contributed by atoms with E-state index in [0.717, 1.165) is 42.9 Å². The van der Waals surface area contributed by atoms with Gasteiger partial charge >= 0.3 is 0 Å². The number of aliphatic hydroxyl groups is 1. The molecule has 0 aliphatic heterocycles. The van der Waals surface area contributed by atoms with Crippen molar-refractivity contribution in [2.24, 2.45) is 7.05 Å². The number of benzene rings is 1. The minimum Gasteiger partial charge on any atom is -0.389 e. The third-order valence-corrected chi connectivity index (χ3v) is 4.51. The molecule has 3 rings (SSSR count). The Labute approximate surface area is 131 Å². The Kier molecular flexibility index (Phi) is 4.27. The first-order valence-electron chi connectivity index (χ1n) is 7.92. The molecular weight excluding hydrogens is 276 g/mol. The third-order valence-electron chi connectivity index (χ3n) is 4.51. The maximum Gasteiger partial charge on any atom is 0.163 e. The number of likely N-dealkylation sites (N-methyl/N-ethyl adjacent to an activating group) is 1. The van der Waals surface area contributed by atoms with Crippen molar-refractivity contribution in [1.29, 1.82) is 0 Å². The van der Waals surface area contributed by atoms with Gasteiger partial charge in [-0.3, -0.25) is 4.90 Å². The van der Waals surface area contributed by atoms with Gasteiger partial charge in [-0.15, -0.1) is 10.2 Å². The molecule has 118 valence electrons. The van der Waals surface area contributed by atoms with Crippen LogP contribution < -0.4 is 0 Å². The van der Waals surface area contributed by atoms with Crippen molar-refractivity contribution in [1.82, 2.24) is 19.7 Å². The smallest absolute Gasteiger partial charge is 0.163 e. The highest BCUT2D eigenvalue weighted by molar-refractivity contribution is 5.54. The van der Waals surface area contributed by atoms with Crippen molar-refractivity contribution < 1.29 is 5.11 Å². The molecule has 0 spiro atoms. The highest BCUT2D eigenvalue weighted by Crippen LogP contribution is 2.30. The van der Waals surface area contributed by atoms with Gasteiger partial charge in [-0.2, -0.15) is 0 Å². The minimum absolute atomic E-state index is 0.518. The normalized spacial score (nSPS) is 17.3. The summed E-state index contributed by atoms with van der Waals surface area (Å²) >= 11 is 0. The predicted octanol–water partition coefficient (Wildman–Crippen LogP) is 2.22. The second-order valence-electron chi connectivity index (χ2n) is 6.47. The maximum atomic E-state index is 10.5. The van der Waals surface area contributed by atoms with Crippen LogP contribution in [-0.4, -0.2) is 44.0 Å². The summed E-state index contributed by atoms with van der Waals surface area (Å²) in [5.74, 6) is 1.80. The van der Waals surface area contributed by atoms with Crippen molar-refractivity contribution >= 4 is 0 Å². The van der Waals surface area contributed by atoms with Gasteiger partial charge in [0.15, 0.2) is 5.82 Å². The minimum atomic E-state index is -0.518. The van der Waals surface area contributed by atoms with Crippen LogP contribution in [0, 0.1) is 0 Å². The van der Waals surface area contributed by atoms with Crippen molar-refractivity contribution in [2.75, 3.05) is 13.6 Å². The van der Waals surface area contributed by atoms with Gasteiger partial charge in [-0.25, -0.2) is 0 Å². The van der Waals surface area contributed by atoms with Gasteiger partial charge in [0, 0.05) is 19.2 Å². The number of hydrogen-bond donors (Lipinski definition) is 1. The highest BCUT2D eigenvalue weighted by Gasteiger charge is 2.32. The number of nitrogens with zero attached hydrogens (tertiary/aromatic N) is 4. The van der Waals surface area contributed by atoms with Crippen molar-refractivity contribution in [3.05, 3.63) is 36.2 Å². The fourth-order valence-corrected chi connectivity index (χ4v) is 3.33. The lowest BCUT2D eigenvalue weighted by Gasteiger charge is -2.28. The van der Waals surface area contributed by atoms with E-state index >= 15 is 0 Å². The zero-order valence-electron chi connectivity index (χ0n) is 13.4. The zero-order chi connectivity index (χ0) is 15.6. The van der Waals surface area contributed by atoms with E-state index in [2.05, 4.69) is 15.1 Å². The Morgan fingerprint density at radius 2 is 1.86 bits per heavy atom.